The lowest BCUT2D eigenvalue weighted by Gasteiger charge is -2.24. The van der Waals surface area contributed by atoms with E-state index >= 15 is 0 Å². The van der Waals surface area contributed by atoms with Crippen LogP contribution in [0.5, 0.6) is 0 Å². The summed E-state index contributed by atoms with van der Waals surface area (Å²) in [4.78, 5) is 12.1. The zero-order chi connectivity index (χ0) is 17.6. The molecule has 0 bridgehead atoms. The van der Waals surface area contributed by atoms with E-state index in [2.05, 4.69) is 19.9 Å². The molecule has 0 aromatic carbocycles. The van der Waals surface area contributed by atoms with Crippen molar-refractivity contribution in [3.63, 3.8) is 0 Å². The summed E-state index contributed by atoms with van der Waals surface area (Å²) in [6, 6.07) is 0. The van der Waals surface area contributed by atoms with E-state index in [1.165, 1.54) is 0 Å². The summed E-state index contributed by atoms with van der Waals surface area (Å²) in [5, 5.41) is 20.6. The van der Waals surface area contributed by atoms with Crippen LogP contribution in [0.15, 0.2) is 35.5 Å². The van der Waals surface area contributed by atoms with Crippen molar-refractivity contribution < 1.29 is 15.0 Å². The molecule has 3 heteroatoms. The van der Waals surface area contributed by atoms with Crippen LogP contribution in [0.25, 0.3) is 0 Å². The summed E-state index contributed by atoms with van der Waals surface area (Å²) in [6.07, 6.45) is 8.92. The van der Waals surface area contributed by atoms with Gasteiger partial charge in [-0.15, -0.1) is 0 Å². The number of carbonyl (C=O) groups excluding carboxylic acids is 1. The van der Waals surface area contributed by atoms with Gasteiger partial charge in [-0.05, 0) is 51.5 Å². The molecule has 0 aliphatic heterocycles. The zero-order valence-electron chi connectivity index (χ0n) is 15.2. The van der Waals surface area contributed by atoms with Gasteiger partial charge in [0.25, 0.3) is 0 Å². The second-order valence-corrected chi connectivity index (χ2v) is 7.58. The molecule has 0 saturated heterocycles. The van der Waals surface area contributed by atoms with Crippen molar-refractivity contribution in [1.29, 1.82) is 0 Å². The summed E-state index contributed by atoms with van der Waals surface area (Å²) in [7, 11) is 0. The molecule has 0 spiro atoms. The largest absolute Gasteiger partial charge is 0.389 e. The minimum atomic E-state index is -1.05. The Morgan fingerprint density at radius 1 is 1.26 bits per heavy atom. The summed E-state index contributed by atoms with van der Waals surface area (Å²) in [5.74, 6) is 0.881. The fourth-order valence-electron chi connectivity index (χ4n) is 2.99. The molecule has 0 radical (unpaired) electrons. The highest BCUT2D eigenvalue weighted by molar-refractivity contribution is 5.91. The minimum absolute atomic E-state index is 0.0731. The fraction of sp³-hybridized carbons (Fsp3) is 0.650. The van der Waals surface area contributed by atoms with E-state index in [1.807, 2.05) is 19.9 Å². The number of rotatable bonds is 1. The number of aliphatic hydroxyl groups is 2. The highest BCUT2D eigenvalue weighted by atomic mass is 16.3. The Labute approximate surface area is 140 Å². The van der Waals surface area contributed by atoms with Crippen LogP contribution in [0.4, 0.5) is 0 Å². The quantitative estimate of drug-likeness (QED) is 0.719. The maximum Gasteiger partial charge on any atom is 0.159 e. The van der Waals surface area contributed by atoms with Crippen molar-refractivity contribution in [2.24, 2.45) is 11.8 Å². The first-order chi connectivity index (χ1) is 10.6. The lowest BCUT2D eigenvalue weighted by Crippen LogP contribution is -2.27. The molecule has 0 fully saturated rings. The standard InChI is InChI=1S/C20H32O3/c1-14(2)17-7-6-15(3)10-18(21)11-16(4)12-19(22)13-20(5,23)9-8-17/h8-10,12,14,17,19,22-23H,6-7,11,13H2,1-5H3/b9-8+,15-10+,16-12+/t17-,19+,20+/m0/s1. The Morgan fingerprint density at radius 2 is 1.91 bits per heavy atom. The molecule has 1 aliphatic rings. The van der Waals surface area contributed by atoms with Crippen molar-refractivity contribution in [3.05, 3.63) is 35.5 Å². The first-order valence-corrected chi connectivity index (χ1v) is 8.56. The lowest BCUT2D eigenvalue weighted by molar-refractivity contribution is -0.114. The van der Waals surface area contributed by atoms with Crippen molar-refractivity contribution in [1.82, 2.24) is 0 Å². The van der Waals surface area contributed by atoms with Gasteiger partial charge in [-0.3, -0.25) is 4.79 Å². The normalized spacial score (nSPS) is 37.5. The van der Waals surface area contributed by atoms with E-state index in [0.29, 0.717) is 18.3 Å². The smallest absolute Gasteiger partial charge is 0.159 e. The van der Waals surface area contributed by atoms with Crippen LogP contribution in [0.3, 0.4) is 0 Å². The highest BCUT2D eigenvalue weighted by Gasteiger charge is 2.22. The van der Waals surface area contributed by atoms with Gasteiger partial charge in [0.15, 0.2) is 5.78 Å². The molecule has 3 nitrogen and oxygen atoms in total. The van der Waals surface area contributed by atoms with Crippen LogP contribution in [-0.2, 0) is 4.79 Å². The van der Waals surface area contributed by atoms with Gasteiger partial charge in [0.2, 0.25) is 0 Å². The summed E-state index contributed by atoms with van der Waals surface area (Å²) >= 11 is 0. The van der Waals surface area contributed by atoms with Gasteiger partial charge in [-0.25, -0.2) is 0 Å². The van der Waals surface area contributed by atoms with E-state index < -0.39 is 11.7 Å². The fourth-order valence-corrected chi connectivity index (χ4v) is 2.99. The Morgan fingerprint density at radius 3 is 2.52 bits per heavy atom. The number of allylic oxidation sites excluding steroid dienone is 4. The van der Waals surface area contributed by atoms with Crippen LogP contribution >= 0.6 is 0 Å². The first-order valence-electron chi connectivity index (χ1n) is 8.56. The molecular formula is C20H32O3. The second-order valence-electron chi connectivity index (χ2n) is 7.58. The Bertz CT molecular complexity index is 495. The molecule has 1 rings (SSSR count). The molecule has 0 aromatic heterocycles. The van der Waals surface area contributed by atoms with Crippen molar-refractivity contribution in [3.8, 4) is 0 Å². The van der Waals surface area contributed by atoms with Gasteiger partial charge < -0.3 is 10.2 Å². The second kappa shape index (κ2) is 8.60. The first kappa shape index (κ1) is 19.9. The van der Waals surface area contributed by atoms with E-state index in [9.17, 15) is 15.0 Å². The highest BCUT2D eigenvalue weighted by Crippen LogP contribution is 2.25. The SMILES string of the molecule is C/C1=C\C(=O)C/C(C)=C/[C@@H](O)C[C@](C)(O)/C=C/[C@@H](C(C)C)CC1. The summed E-state index contributed by atoms with van der Waals surface area (Å²) in [6.45, 7) is 9.88. The van der Waals surface area contributed by atoms with E-state index in [4.69, 9.17) is 0 Å². The summed E-state index contributed by atoms with van der Waals surface area (Å²) < 4.78 is 0. The van der Waals surface area contributed by atoms with Crippen LogP contribution in [-0.4, -0.2) is 27.7 Å². The van der Waals surface area contributed by atoms with Crippen LogP contribution < -0.4 is 0 Å². The van der Waals surface area contributed by atoms with Gasteiger partial charge >= 0.3 is 0 Å². The van der Waals surface area contributed by atoms with E-state index in [-0.39, 0.29) is 12.2 Å². The third kappa shape index (κ3) is 7.76. The Balaban J connectivity index is 3.08. The Hall–Kier alpha value is -1.19. The maximum absolute atomic E-state index is 12.1. The van der Waals surface area contributed by atoms with Gasteiger partial charge in [0, 0.05) is 12.8 Å². The van der Waals surface area contributed by atoms with Crippen LogP contribution in [0, 0.1) is 11.8 Å². The van der Waals surface area contributed by atoms with Crippen LogP contribution in [0.1, 0.15) is 60.3 Å². The van der Waals surface area contributed by atoms with Crippen molar-refractivity contribution >= 4 is 5.78 Å². The molecule has 0 aromatic rings. The maximum atomic E-state index is 12.1. The molecule has 3 atom stereocenters. The number of hydrogen-bond donors (Lipinski definition) is 2. The molecule has 0 saturated carbocycles. The third-order valence-corrected chi connectivity index (χ3v) is 4.39. The Kier molecular flexibility index (Phi) is 7.43. The van der Waals surface area contributed by atoms with Crippen molar-refractivity contribution in [2.45, 2.75) is 72.0 Å². The number of hydrogen-bond acceptors (Lipinski definition) is 3. The molecular weight excluding hydrogens is 288 g/mol. The molecule has 1 aliphatic carbocycles. The topological polar surface area (TPSA) is 57.5 Å². The number of ketones is 1. The molecule has 130 valence electrons. The molecule has 23 heavy (non-hydrogen) atoms. The zero-order valence-corrected chi connectivity index (χ0v) is 15.2. The van der Waals surface area contributed by atoms with Crippen LogP contribution in [0.2, 0.25) is 0 Å². The van der Waals surface area contributed by atoms with Gasteiger partial charge in [-0.1, -0.05) is 43.2 Å². The minimum Gasteiger partial charge on any atom is -0.389 e. The van der Waals surface area contributed by atoms with Gasteiger partial charge in [-0.2, -0.15) is 0 Å². The average Bonchev–Trinajstić information content (AvgIpc) is 2.35. The van der Waals surface area contributed by atoms with Crippen molar-refractivity contribution in [2.75, 3.05) is 0 Å². The monoisotopic (exact) mass is 320 g/mol. The van der Waals surface area contributed by atoms with Gasteiger partial charge in [0.05, 0.1) is 11.7 Å². The predicted molar refractivity (Wildman–Crippen MR) is 95.1 cm³/mol. The predicted octanol–water partition coefficient (Wildman–Crippen LogP) is 3.96. The average molecular weight is 320 g/mol. The molecule has 0 heterocycles. The van der Waals surface area contributed by atoms with E-state index in [1.54, 1.807) is 19.1 Å². The van der Waals surface area contributed by atoms with E-state index in [0.717, 1.165) is 24.0 Å². The number of aliphatic hydroxyl groups excluding tert-OH is 1. The molecule has 0 amide bonds. The lowest BCUT2D eigenvalue weighted by atomic mass is 9.86. The third-order valence-electron chi connectivity index (χ3n) is 4.39. The van der Waals surface area contributed by atoms with Gasteiger partial charge in [0.1, 0.15) is 0 Å². The summed E-state index contributed by atoms with van der Waals surface area (Å²) in [5.41, 5.74) is 0.872. The molecule has 2 N–H and O–H groups in total. The molecule has 0 unspecified atom stereocenters. The number of carbonyl (C=O) groups is 1.